The van der Waals surface area contributed by atoms with Crippen molar-refractivity contribution < 1.29 is 9.18 Å². The maximum absolute atomic E-state index is 12.9. The van der Waals surface area contributed by atoms with Crippen molar-refractivity contribution in [3.8, 4) is 0 Å². The number of rotatable bonds is 5. The lowest BCUT2D eigenvalue weighted by Gasteiger charge is -2.12. The lowest BCUT2D eigenvalue weighted by molar-refractivity contribution is -0.116. The molecule has 0 saturated heterocycles. The van der Waals surface area contributed by atoms with Gasteiger partial charge in [-0.2, -0.15) is 0 Å². The third-order valence-corrected chi connectivity index (χ3v) is 3.14. The van der Waals surface area contributed by atoms with Crippen LogP contribution in [0.15, 0.2) is 18.2 Å². The Morgan fingerprint density at radius 3 is 2.82 bits per heavy atom. The monoisotopic (exact) mass is 350 g/mol. The number of carbonyl (C=O) groups excluding carboxylic acids is 1. The third-order valence-electron chi connectivity index (χ3n) is 2.25. The molecule has 1 aromatic carbocycles. The molecule has 0 radical (unpaired) electrons. The van der Waals surface area contributed by atoms with E-state index in [-0.39, 0.29) is 17.8 Å². The number of amides is 1. The van der Waals surface area contributed by atoms with Gasteiger partial charge in [-0.05, 0) is 54.3 Å². The van der Waals surface area contributed by atoms with Gasteiger partial charge in [0, 0.05) is 16.0 Å². The highest BCUT2D eigenvalue weighted by Crippen LogP contribution is 2.19. The third kappa shape index (κ3) is 4.99. The van der Waals surface area contributed by atoms with Gasteiger partial charge in [0.15, 0.2) is 0 Å². The summed E-state index contributed by atoms with van der Waals surface area (Å²) in [6, 6.07) is 4.44. The maximum atomic E-state index is 12.9. The first-order valence-corrected chi connectivity index (χ1v) is 6.59. The van der Waals surface area contributed by atoms with E-state index in [0.29, 0.717) is 15.7 Å². The molecular formula is C12H16FIN2O. The highest BCUT2D eigenvalue weighted by Gasteiger charge is 2.10. The number of hydrogen-bond donors (Lipinski definition) is 2. The van der Waals surface area contributed by atoms with Crippen molar-refractivity contribution in [1.82, 2.24) is 5.32 Å². The number of benzene rings is 1. The molecule has 17 heavy (non-hydrogen) atoms. The number of carbonyl (C=O) groups is 1. The zero-order valence-electron chi connectivity index (χ0n) is 9.89. The van der Waals surface area contributed by atoms with Gasteiger partial charge in [0.1, 0.15) is 5.82 Å². The zero-order valence-corrected chi connectivity index (χ0v) is 12.0. The van der Waals surface area contributed by atoms with Gasteiger partial charge in [0.2, 0.25) is 5.91 Å². The second-order valence-corrected chi connectivity index (χ2v) is 5.00. The first-order valence-electron chi connectivity index (χ1n) is 5.51. The van der Waals surface area contributed by atoms with E-state index in [2.05, 4.69) is 10.6 Å². The van der Waals surface area contributed by atoms with E-state index < -0.39 is 0 Å². The fraction of sp³-hybridized carbons (Fsp3) is 0.417. The van der Waals surface area contributed by atoms with E-state index in [1.165, 1.54) is 12.1 Å². The molecule has 2 N–H and O–H groups in total. The van der Waals surface area contributed by atoms with Crippen molar-refractivity contribution in [1.29, 1.82) is 0 Å². The quantitative estimate of drug-likeness (QED) is 0.802. The minimum atomic E-state index is -0.298. The predicted octanol–water partition coefficient (Wildman–Crippen LogP) is 2.76. The fourth-order valence-electron chi connectivity index (χ4n) is 1.49. The molecule has 1 amide bonds. The molecule has 0 aliphatic carbocycles. The summed E-state index contributed by atoms with van der Waals surface area (Å²) in [6.45, 7) is 4.79. The number of halogens is 2. The summed E-state index contributed by atoms with van der Waals surface area (Å²) in [6.07, 6.45) is 0.404. The van der Waals surface area contributed by atoms with E-state index in [4.69, 9.17) is 0 Å². The Balaban J connectivity index is 2.56. The van der Waals surface area contributed by atoms with Crippen LogP contribution in [0.3, 0.4) is 0 Å². The van der Waals surface area contributed by atoms with Crippen LogP contribution < -0.4 is 10.6 Å². The number of nitrogens with one attached hydrogen (secondary N) is 2. The molecule has 5 heteroatoms. The highest BCUT2D eigenvalue weighted by atomic mass is 127. The molecule has 1 rings (SSSR count). The Morgan fingerprint density at radius 1 is 1.53 bits per heavy atom. The Kier molecular flexibility index (Phi) is 5.84. The summed E-state index contributed by atoms with van der Waals surface area (Å²) in [4.78, 5) is 11.7. The van der Waals surface area contributed by atoms with Crippen molar-refractivity contribution in [2.45, 2.75) is 26.3 Å². The molecule has 0 aliphatic rings. The Hall–Kier alpha value is -0.690. The second-order valence-electron chi connectivity index (χ2n) is 3.84. The topological polar surface area (TPSA) is 41.1 Å². The van der Waals surface area contributed by atoms with Crippen LogP contribution in [0.25, 0.3) is 0 Å². The molecule has 1 aromatic rings. The largest absolute Gasteiger partial charge is 0.325 e. The highest BCUT2D eigenvalue weighted by molar-refractivity contribution is 14.1. The molecule has 94 valence electrons. The van der Waals surface area contributed by atoms with Gasteiger partial charge in [0.25, 0.3) is 0 Å². The van der Waals surface area contributed by atoms with E-state index in [1.807, 2.05) is 36.4 Å². The number of anilines is 1. The lowest BCUT2D eigenvalue weighted by Crippen LogP contribution is -2.30. The van der Waals surface area contributed by atoms with Crippen molar-refractivity contribution in [3.05, 3.63) is 27.6 Å². The van der Waals surface area contributed by atoms with Crippen molar-refractivity contribution in [2.75, 3.05) is 11.9 Å². The van der Waals surface area contributed by atoms with Gasteiger partial charge >= 0.3 is 0 Å². The first kappa shape index (κ1) is 14.4. The summed E-state index contributed by atoms with van der Waals surface area (Å²) in [5.74, 6) is -0.364. The summed E-state index contributed by atoms with van der Waals surface area (Å²) < 4.78 is 13.6. The lowest BCUT2D eigenvalue weighted by atomic mass is 10.2. The molecule has 1 atom stereocenters. The van der Waals surface area contributed by atoms with Crippen molar-refractivity contribution in [3.63, 3.8) is 0 Å². The molecule has 3 nitrogen and oxygen atoms in total. The van der Waals surface area contributed by atoms with Crippen LogP contribution in [0, 0.1) is 9.39 Å². The molecule has 0 bridgehead atoms. The van der Waals surface area contributed by atoms with Crippen LogP contribution in [0.4, 0.5) is 10.1 Å². The second kappa shape index (κ2) is 6.90. The molecule has 0 saturated carbocycles. The van der Waals surface area contributed by atoms with Crippen LogP contribution in [-0.4, -0.2) is 18.5 Å². The summed E-state index contributed by atoms with van der Waals surface area (Å²) in [5, 5.41) is 5.94. The predicted molar refractivity (Wildman–Crippen MR) is 75.5 cm³/mol. The molecule has 1 unspecified atom stereocenters. The van der Waals surface area contributed by atoms with E-state index in [1.54, 1.807) is 6.07 Å². The molecule has 0 fully saturated rings. The Labute approximate surface area is 114 Å². The Bertz CT molecular complexity index is 398. The van der Waals surface area contributed by atoms with Gasteiger partial charge < -0.3 is 10.6 Å². The van der Waals surface area contributed by atoms with Gasteiger partial charge in [-0.15, -0.1) is 0 Å². The van der Waals surface area contributed by atoms with E-state index >= 15 is 0 Å². The normalized spacial score (nSPS) is 12.2. The Morgan fingerprint density at radius 2 is 2.24 bits per heavy atom. The zero-order chi connectivity index (χ0) is 12.8. The van der Waals surface area contributed by atoms with Gasteiger partial charge in [-0.1, -0.05) is 6.92 Å². The van der Waals surface area contributed by atoms with E-state index in [0.717, 1.165) is 6.54 Å². The molecular weight excluding hydrogens is 334 g/mol. The van der Waals surface area contributed by atoms with E-state index in [9.17, 15) is 9.18 Å². The van der Waals surface area contributed by atoms with Gasteiger partial charge in [-0.25, -0.2) is 4.39 Å². The number of hydrogen-bond acceptors (Lipinski definition) is 2. The van der Waals surface area contributed by atoms with Crippen LogP contribution >= 0.6 is 22.6 Å². The minimum Gasteiger partial charge on any atom is -0.325 e. The van der Waals surface area contributed by atoms with Crippen LogP contribution in [0.1, 0.15) is 20.3 Å². The summed E-state index contributed by atoms with van der Waals surface area (Å²) in [5.41, 5.74) is 0.653. The fourth-order valence-corrected chi connectivity index (χ4v) is 2.10. The maximum Gasteiger partial charge on any atom is 0.225 e. The summed E-state index contributed by atoms with van der Waals surface area (Å²) in [7, 11) is 0. The van der Waals surface area contributed by atoms with Gasteiger partial charge in [-0.3, -0.25) is 4.79 Å². The van der Waals surface area contributed by atoms with Crippen LogP contribution in [0.2, 0.25) is 0 Å². The minimum absolute atomic E-state index is 0.0667. The standard InChI is InChI=1S/C12H16FIN2O/c1-3-15-8(2)6-12(17)16-11-5-4-9(13)7-10(11)14/h4-5,7-8,15H,3,6H2,1-2H3,(H,16,17). The molecule has 0 aliphatic heterocycles. The SMILES string of the molecule is CCNC(C)CC(=O)Nc1ccc(F)cc1I. The summed E-state index contributed by atoms with van der Waals surface area (Å²) >= 11 is 2.00. The van der Waals surface area contributed by atoms with Gasteiger partial charge in [0.05, 0.1) is 5.69 Å². The van der Waals surface area contributed by atoms with Crippen LogP contribution in [0.5, 0.6) is 0 Å². The molecule has 0 heterocycles. The molecule has 0 aromatic heterocycles. The van der Waals surface area contributed by atoms with Crippen molar-refractivity contribution >= 4 is 34.2 Å². The molecule has 0 spiro atoms. The smallest absolute Gasteiger partial charge is 0.225 e. The first-order chi connectivity index (χ1) is 8.02. The average Bonchev–Trinajstić information content (AvgIpc) is 2.22. The average molecular weight is 350 g/mol. The van der Waals surface area contributed by atoms with Crippen LogP contribution in [-0.2, 0) is 4.79 Å². The van der Waals surface area contributed by atoms with Crippen molar-refractivity contribution in [2.24, 2.45) is 0 Å².